The Morgan fingerprint density at radius 2 is 2.21 bits per heavy atom. The van der Waals surface area contributed by atoms with Gasteiger partial charge in [0.05, 0.1) is 8.81 Å². The third-order valence-electron chi connectivity index (χ3n) is 4.99. The first-order chi connectivity index (χ1) is 11.2. The number of aromatic nitrogens is 1. The van der Waals surface area contributed by atoms with Crippen LogP contribution in [0.3, 0.4) is 0 Å². The number of halogens is 3. The largest absolute Gasteiger partial charge is 0.481 e. The Kier molecular flexibility index (Phi) is 5.68. The molecular formula is C17H17Br2ClN2O2. The van der Waals surface area contributed by atoms with Gasteiger partial charge in [-0.1, -0.05) is 37.6 Å². The maximum atomic E-state index is 12.1. The van der Waals surface area contributed by atoms with Crippen molar-refractivity contribution in [2.75, 3.05) is 0 Å². The van der Waals surface area contributed by atoms with Gasteiger partial charge in [0.1, 0.15) is 11.8 Å². The van der Waals surface area contributed by atoms with Gasteiger partial charge in [-0.2, -0.15) is 5.26 Å². The SMILES string of the molecule is CC1(C)[C@@H](C=C(Br)Br)[C@@]1(Cc1cc(C#N)n(C/C=C\Cl)c1)C(=O)O. The zero-order valence-electron chi connectivity index (χ0n) is 13.3. The second-order valence-corrected chi connectivity index (χ2v) is 9.49. The number of carboxylic acid groups (broad SMARTS) is 1. The lowest BCUT2D eigenvalue weighted by atomic mass is 9.89. The fourth-order valence-corrected chi connectivity index (χ4v) is 4.19. The molecule has 1 N–H and O–H groups in total. The summed E-state index contributed by atoms with van der Waals surface area (Å²) in [4.78, 5) is 12.1. The van der Waals surface area contributed by atoms with Crippen LogP contribution in [0.4, 0.5) is 0 Å². The lowest BCUT2D eigenvalue weighted by Crippen LogP contribution is -2.24. The Morgan fingerprint density at radius 3 is 2.71 bits per heavy atom. The molecule has 1 fully saturated rings. The molecule has 0 saturated heterocycles. The van der Waals surface area contributed by atoms with Crippen LogP contribution < -0.4 is 0 Å². The Bertz CT molecular complexity index is 757. The summed E-state index contributed by atoms with van der Waals surface area (Å²) in [6.45, 7) is 4.40. The molecular weight excluding hydrogens is 459 g/mol. The number of rotatable bonds is 6. The molecule has 0 spiro atoms. The number of hydrogen-bond donors (Lipinski definition) is 1. The van der Waals surface area contributed by atoms with E-state index in [1.807, 2.05) is 26.1 Å². The lowest BCUT2D eigenvalue weighted by Gasteiger charge is -2.14. The number of nitrogens with zero attached hydrogens (tertiary/aromatic N) is 2. The van der Waals surface area contributed by atoms with Gasteiger partial charge in [-0.25, -0.2) is 0 Å². The number of hydrogen-bond acceptors (Lipinski definition) is 2. The van der Waals surface area contributed by atoms with Gasteiger partial charge in [-0.3, -0.25) is 4.79 Å². The average Bonchev–Trinajstić information content (AvgIpc) is 2.82. The average molecular weight is 477 g/mol. The monoisotopic (exact) mass is 474 g/mol. The first-order valence-electron chi connectivity index (χ1n) is 7.31. The zero-order valence-corrected chi connectivity index (χ0v) is 17.2. The summed E-state index contributed by atoms with van der Waals surface area (Å²) >= 11 is 12.2. The molecule has 1 heterocycles. The smallest absolute Gasteiger partial charge is 0.311 e. The maximum Gasteiger partial charge on any atom is 0.311 e. The van der Waals surface area contributed by atoms with Gasteiger partial charge in [0.2, 0.25) is 0 Å². The molecule has 0 aliphatic heterocycles. The van der Waals surface area contributed by atoms with Crippen molar-refractivity contribution < 1.29 is 9.90 Å². The van der Waals surface area contributed by atoms with Crippen LogP contribution in [-0.2, 0) is 17.8 Å². The third-order valence-corrected chi connectivity index (χ3v) is 5.70. The second-order valence-electron chi connectivity index (χ2n) is 6.47. The van der Waals surface area contributed by atoms with Gasteiger partial charge in [0.15, 0.2) is 0 Å². The molecule has 0 unspecified atom stereocenters. The van der Waals surface area contributed by atoms with Crippen LogP contribution in [0, 0.1) is 28.1 Å². The molecule has 1 saturated carbocycles. The van der Waals surface area contributed by atoms with E-state index in [9.17, 15) is 15.2 Å². The van der Waals surface area contributed by atoms with Crippen molar-refractivity contribution in [2.24, 2.45) is 16.7 Å². The van der Waals surface area contributed by atoms with Crippen LogP contribution in [-0.4, -0.2) is 15.6 Å². The van der Waals surface area contributed by atoms with E-state index in [4.69, 9.17) is 11.6 Å². The Hall–Kier alpha value is -1.03. The molecule has 0 amide bonds. The van der Waals surface area contributed by atoms with Crippen molar-refractivity contribution in [1.29, 1.82) is 5.26 Å². The van der Waals surface area contributed by atoms with Crippen LogP contribution >= 0.6 is 43.5 Å². The van der Waals surface area contributed by atoms with Crippen molar-refractivity contribution >= 4 is 49.4 Å². The zero-order chi connectivity index (χ0) is 18.1. The van der Waals surface area contributed by atoms with Crippen LogP contribution in [0.5, 0.6) is 0 Å². The molecule has 2 atom stereocenters. The first-order valence-corrected chi connectivity index (χ1v) is 9.33. The summed E-state index contributed by atoms with van der Waals surface area (Å²) in [5.74, 6) is -0.921. The molecule has 128 valence electrons. The molecule has 4 nitrogen and oxygen atoms in total. The van der Waals surface area contributed by atoms with Gasteiger partial charge in [0, 0.05) is 24.2 Å². The minimum absolute atomic E-state index is 0.104. The number of allylic oxidation sites excluding steroid dienone is 2. The van der Waals surface area contributed by atoms with Gasteiger partial charge in [-0.05, 0) is 55.3 Å². The Balaban J connectivity index is 2.37. The molecule has 1 aromatic heterocycles. The lowest BCUT2D eigenvalue weighted by molar-refractivity contribution is -0.145. The summed E-state index contributed by atoms with van der Waals surface area (Å²) in [5.41, 5.74) is 1.47. The van der Waals surface area contributed by atoms with Gasteiger partial charge < -0.3 is 9.67 Å². The van der Waals surface area contributed by atoms with Crippen molar-refractivity contribution in [3.63, 3.8) is 0 Å². The molecule has 1 aliphatic carbocycles. The van der Waals surface area contributed by atoms with Crippen LogP contribution in [0.2, 0.25) is 0 Å². The number of nitriles is 1. The van der Waals surface area contributed by atoms with E-state index in [1.54, 1.807) is 16.7 Å². The van der Waals surface area contributed by atoms with Crippen molar-refractivity contribution in [2.45, 2.75) is 26.8 Å². The highest BCUT2D eigenvalue weighted by Gasteiger charge is 2.74. The molecule has 7 heteroatoms. The van der Waals surface area contributed by atoms with Crippen molar-refractivity contribution in [3.05, 3.63) is 44.6 Å². The second kappa shape index (κ2) is 7.07. The molecule has 1 aliphatic rings. The highest BCUT2D eigenvalue weighted by atomic mass is 79.9. The standard InChI is InChI=1S/C17H17Br2ClN2O2/c1-16(2)13(7-14(18)19)17(16,15(23)24)8-11-6-12(9-21)22(10-11)5-3-4-20/h3-4,6-7,10,13H,5,8H2,1-2H3,(H,23,24)/b4-3-/t13-,17+/m1/s1. The van der Waals surface area contributed by atoms with E-state index in [-0.39, 0.29) is 11.3 Å². The van der Waals surface area contributed by atoms with E-state index in [0.717, 1.165) is 8.96 Å². The maximum absolute atomic E-state index is 12.1. The van der Waals surface area contributed by atoms with Crippen LogP contribution in [0.15, 0.2) is 33.3 Å². The van der Waals surface area contributed by atoms with Crippen molar-refractivity contribution in [3.8, 4) is 6.07 Å². The Labute approximate surface area is 163 Å². The van der Waals surface area contributed by atoms with E-state index in [0.29, 0.717) is 18.7 Å². The molecule has 24 heavy (non-hydrogen) atoms. The van der Waals surface area contributed by atoms with Gasteiger partial charge >= 0.3 is 5.97 Å². The summed E-state index contributed by atoms with van der Waals surface area (Å²) in [6.07, 6.45) is 5.83. The van der Waals surface area contributed by atoms with E-state index in [1.165, 1.54) is 5.54 Å². The predicted molar refractivity (Wildman–Crippen MR) is 101 cm³/mol. The number of carbonyl (C=O) groups is 1. The minimum atomic E-state index is -0.888. The highest BCUT2D eigenvalue weighted by molar-refractivity contribution is 9.28. The summed E-state index contributed by atoms with van der Waals surface area (Å²) < 4.78 is 2.52. The number of carboxylic acids is 1. The van der Waals surface area contributed by atoms with Crippen LogP contribution in [0.25, 0.3) is 0 Å². The quantitative estimate of drug-likeness (QED) is 0.628. The molecule has 0 radical (unpaired) electrons. The van der Waals surface area contributed by atoms with E-state index >= 15 is 0 Å². The van der Waals surface area contributed by atoms with Gasteiger partial charge in [0.25, 0.3) is 0 Å². The molecule has 1 aromatic rings. The highest BCUT2D eigenvalue weighted by Crippen LogP contribution is 2.71. The third kappa shape index (κ3) is 3.22. The van der Waals surface area contributed by atoms with Gasteiger partial charge in [-0.15, -0.1) is 0 Å². The fraction of sp³-hybridized carbons (Fsp3) is 0.412. The van der Waals surface area contributed by atoms with Crippen molar-refractivity contribution in [1.82, 2.24) is 4.57 Å². The summed E-state index contributed by atoms with van der Waals surface area (Å²) in [7, 11) is 0. The molecule has 0 aromatic carbocycles. The Morgan fingerprint density at radius 1 is 1.54 bits per heavy atom. The molecule has 0 bridgehead atoms. The summed E-state index contributed by atoms with van der Waals surface area (Å²) in [6, 6.07) is 3.89. The normalized spacial score (nSPS) is 24.6. The minimum Gasteiger partial charge on any atom is -0.481 e. The molecule has 2 rings (SSSR count). The topological polar surface area (TPSA) is 66.0 Å². The first kappa shape index (κ1) is 19.3. The van der Waals surface area contributed by atoms with E-state index < -0.39 is 11.4 Å². The number of aliphatic carboxylic acids is 1. The fourth-order valence-electron chi connectivity index (χ4n) is 3.58. The predicted octanol–water partition coefficient (Wildman–Crippen LogP) is 5.01. The van der Waals surface area contributed by atoms with E-state index in [2.05, 4.69) is 37.9 Å². The van der Waals surface area contributed by atoms with Crippen LogP contribution in [0.1, 0.15) is 25.1 Å². The summed E-state index contributed by atoms with van der Waals surface area (Å²) in [5, 5.41) is 19.2.